The fourth-order valence-electron chi connectivity index (χ4n) is 5.15. The van der Waals surface area contributed by atoms with Gasteiger partial charge in [-0.3, -0.25) is 19.7 Å². The van der Waals surface area contributed by atoms with Gasteiger partial charge < -0.3 is 15.5 Å². The summed E-state index contributed by atoms with van der Waals surface area (Å²) in [6.07, 6.45) is 2.69. The van der Waals surface area contributed by atoms with Crippen molar-refractivity contribution in [3.05, 3.63) is 70.8 Å². The van der Waals surface area contributed by atoms with Crippen molar-refractivity contribution >= 4 is 17.7 Å². The van der Waals surface area contributed by atoms with Crippen LogP contribution in [0.25, 0.3) is 0 Å². The van der Waals surface area contributed by atoms with Crippen molar-refractivity contribution in [3.8, 4) is 0 Å². The summed E-state index contributed by atoms with van der Waals surface area (Å²) in [7, 11) is 0. The third kappa shape index (κ3) is 4.06. The van der Waals surface area contributed by atoms with Crippen molar-refractivity contribution in [1.29, 1.82) is 0 Å². The molecule has 0 aromatic heterocycles. The number of rotatable bonds is 6. The molecule has 2 fully saturated rings. The van der Waals surface area contributed by atoms with Crippen LogP contribution in [-0.4, -0.2) is 47.3 Å². The van der Waals surface area contributed by atoms with Crippen molar-refractivity contribution in [1.82, 2.24) is 20.9 Å². The Morgan fingerprint density at radius 3 is 2.66 bits per heavy atom. The Labute approximate surface area is 187 Å². The highest BCUT2D eigenvalue weighted by Gasteiger charge is 2.39. The second-order valence-corrected chi connectivity index (χ2v) is 8.87. The number of piperidine rings is 1. The molecular weight excluding hydrogens is 404 g/mol. The number of carbonyl (C=O) groups is 3. The molecule has 0 radical (unpaired) electrons. The zero-order valence-electron chi connectivity index (χ0n) is 18.0. The summed E-state index contributed by atoms with van der Waals surface area (Å²) in [6.45, 7) is 2.08. The van der Waals surface area contributed by atoms with E-state index >= 15 is 0 Å². The summed E-state index contributed by atoms with van der Waals surface area (Å²) in [4.78, 5) is 38.4. The van der Waals surface area contributed by atoms with Crippen LogP contribution in [0.4, 0.5) is 0 Å². The van der Waals surface area contributed by atoms with Crippen LogP contribution in [0.1, 0.15) is 46.3 Å². The van der Waals surface area contributed by atoms with Gasteiger partial charge in [0.05, 0.1) is 0 Å². The topological polar surface area (TPSA) is 90.5 Å². The molecule has 2 saturated heterocycles. The first-order valence-electron chi connectivity index (χ1n) is 11.4. The zero-order valence-corrected chi connectivity index (χ0v) is 18.0. The molecule has 3 amide bonds. The summed E-state index contributed by atoms with van der Waals surface area (Å²) >= 11 is 0. The first-order valence-corrected chi connectivity index (χ1v) is 11.4. The number of benzene rings is 2. The van der Waals surface area contributed by atoms with E-state index in [1.54, 1.807) is 4.90 Å². The molecule has 3 aliphatic heterocycles. The van der Waals surface area contributed by atoms with Crippen LogP contribution in [0.5, 0.6) is 0 Å². The molecule has 3 heterocycles. The molecular formula is C25H28N4O3. The second-order valence-electron chi connectivity index (χ2n) is 8.87. The van der Waals surface area contributed by atoms with Gasteiger partial charge in [-0.2, -0.15) is 0 Å². The molecule has 3 unspecified atom stereocenters. The quantitative estimate of drug-likeness (QED) is 0.602. The lowest BCUT2D eigenvalue weighted by atomic mass is 9.99. The van der Waals surface area contributed by atoms with Crippen LogP contribution in [0, 0.1) is 0 Å². The number of imide groups is 1. The number of hydrogen-bond donors (Lipinski definition) is 3. The summed E-state index contributed by atoms with van der Waals surface area (Å²) in [5.41, 5.74) is 4.07. The van der Waals surface area contributed by atoms with Gasteiger partial charge >= 0.3 is 0 Å². The lowest BCUT2D eigenvalue weighted by Crippen LogP contribution is -2.52. The highest BCUT2D eigenvalue weighted by molar-refractivity contribution is 6.05. The Bertz CT molecular complexity index is 1040. The molecule has 3 atom stereocenters. The molecule has 3 N–H and O–H groups in total. The minimum absolute atomic E-state index is 0.124. The van der Waals surface area contributed by atoms with Gasteiger partial charge in [0, 0.05) is 37.2 Å². The van der Waals surface area contributed by atoms with Crippen molar-refractivity contribution in [2.45, 2.75) is 56.9 Å². The molecule has 0 saturated carbocycles. The molecule has 0 bridgehead atoms. The minimum atomic E-state index is -0.581. The lowest BCUT2D eigenvalue weighted by molar-refractivity contribution is -0.136. The van der Waals surface area contributed by atoms with Crippen LogP contribution >= 0.6 is 0 Å². The van der Waals surface area contributed by atoms with Gasteiger partial charge in [-0.25, -0.2) is 0 Å². The summed E-state index contributed by atoms with van der Waals surface area (Å²) in [5.74, 6) is -0.765. The van der Waals surface area contributed by atoms with Crippen LogP contribution in [0.2, 0.25) is 0 Å². The maximum Gasteiger partial charge on any atom is 0.255 e. The molecule has 3 aliphatic rings. The van der Waals surface area contributed by atoms with Crippen LogP contribution in [0.3, 0.4) is 0 Å². The summed E-state index contributed by atoms with van der Waals surface area (Å²) in [6, 6.07) is 16.5. The Hall–Kier alpha value is -3.03. The molecule has 0 aliphatic carbocycles. The number of nitrogens with one attached hydrogen (secondary N) is 3. The molecule has 0 spiro atoms. The average molecular weight is 433 g/mol. The molecule has 32 heavy (non-hydrogen) atoms. The van der Waals surface area contributed by atoms with Crippen LogP contribution < -0.4 is 16.0 Å². The van der Waals surface area contributed by atoms with Crippen molar-refractivity contribution in [3.63, 3.8) is 0 Å². The Balaban J connectivity index is 1.27. The van der Waals surface area contributed by atoms with E-state index in [0.29, 0.717) is 37.2 Å². The average Bonchev–Trinajstić information content (AvgIpc) is 3.37. The number of nitrogens with zero attached hydrogens (tertiary/aromatic N) is 1. The standard InChI is InChI=1S/C25H28N4O3/c30-23-10-9-22(24(31)28-23)29-15-19-17(7-4-8-18(19)25(29)32)14-27-20-11-12-26-21(20)13-16-5-2-1-3-6-16/h1-8,20-22,26-27H,9-15H2,(H,28,30,31). The lowest BCUT2D eigenvalue weighted by Gasteiger charge is -2.29. The maximum atomic E-state index is 13.0. The van der Waals surface area contributed by atoms with E-state index in [0.717, 1.165) is 30.5 Å². The molecule has 166 valence electrons. The smallest absolute Gasteiger partial charge is 0.255 e. The third-order valence-corrected chi connectivity index (χ3v) is 6.88. The van der Waals surface area contributed by atoms with E-state index in [4.69, 9.17) is 0 Å². The number of carbonyl (C=O) groups excluding carboxylic acids is 3. The SMILES string of the molecule is O=C1CCC(N2Cc3c(CNC4CCNC4Cc4ccccc4)cccc3C2=O)C(=O)N1. The summed E-state index contributed by atoms with van der Waals surface area (Å²) < 4.78 is 0. The van der Waals surface area contributed by atoms with Crippen LogP contribution in [-0.2, 0) is 29.1 Å². The monoisotopic (exact) mass is 432 g/mol. The van der Waals surface area contributed by atoms with Crippen molar-refractivity contribution in [2.24, 2.45) is 0 Å². The largest absolute Gasteiger partial charge is 0.322 e. The van der Waals surface area contributed by atoms with Gasteiger partial charge in [0.1, 0.15) is 6.04 Å². The fourth-order valence-corrected chi connectivity index (χ4v) is 5.15. The van der Waals surface area contributed by atoms with Gasteiger partial charge in [0.15, 0.2) is 0 Å². The van der Waals surface area contributed by atoms with E-state index in [2.05, 4.69) is 46.3 Å². The maximum absolute atomic E-state index is 13.0. The van der Waals surface area contributed by atoms with Gasteiger partial charge in [-0.15, -0.1) is 0 Å². The Morgan fingerprint density at radius 1 is 1.00 bits per heavy atom. The first kappa shape index (κ1) is 20.8. The predicted octanol–water partition coefficient (Wildman–Crippen LogP) is 1.51. The number of fused-ring (bicyclic) bond motifs is 1. The van der Waals surface area contributed by atoms with E-state index in [9.17, 15) is 14.4 Å². The van der Waals surface area contributed by atoms with Gasteiger partial charge in [0.2, 0.25) is 11.8 Å². The zero-order chi connectivity index (χ0) is 22.1. The molecule has 2 aromatic carbocycles. The van der Waals surface area contributed by atoms with E-state index in [-0.39, 0.29) is 24.1 Å². The molecule has 5 rings (SSSR count). The highest BCUT2D eigenvalue weighted by Crippen LogP contribution is 2.30. The van der Waals surface area contributed by atoms with Gasteiger partial charge in [0.25, 0.3) is 5.91 Å². The number of hydrogen-bond acceptors (Lipinski definition) is 5. The van der Waals surface area contributed by atoms with E-state index in [1.165, 1.54) is 5.56 Å². The van der Waals surface area contributed by atoms with Gasteiger partial charge in [-0.05, 0) is 48.6 Å². The molecule has 7 heteroatoms. The number of amides is 3. The highest BCUT2D eigenvalue weighted by atomic mass is 16.2. The molecule has 7 nitrogen and oxygen atoms in total. The molecule has 2 aromatic rings. The Kier molecular flexibility index (Phi) is 5.76. The normalized spacial score (nSPS) is 25.2. The minimum Gasteiger partial charge on any atom is -0.322 e. The van der Waals surface area contributed by atoms with Crippen molar-refractivity contribution < 1.29 is 14.4 Å². The third-order valence-electron chi connectivity index (χ3n) is 6.88. The van der Waals surface area contributed by atoms with E-state index < -0.39 is 6.04 Å². The first-order chi connectivity index (χ1) is 15.6. The predicted molar refractivity (Wildman–Crippen MR) is 120 cm³/mol. The van der Waals surface area contributed by atoms with Crippen molar-refractivity contribution in [2.75, 3.05) is 6.54 Å². The summed E-state index contributed by atoms with van der Waals surface area (Å²) in [5, 5.41) is 9.68. The van der Waals surface area contributed by atoms with Gasteiger partial charge in [-0.1, -0.05) is 42.5 Å². The fraction of sp³-hybridized carbons (Fsp3) is 0.400. The van der Waals surface area contributed by atoms with E-state index in [1.807, 2.05) is 18.2 Å². The second kappa shape index (κ2) is 8.84. The Morgan fingerprint density at radius 2 is 1.84 bits per heavy atom. The van der Waals surface area contributed by atoms with Crippen LogP contribution in [0.15, 0.2) is 48.5 Å².